The van der Waals surface area contributed by atoms with Crippen LogP contribution >= 0.6 is 46.6 Å². The van der Waals surface area contributed by atoms with E-state index in [1.54, 1.807) is 23.5 Å². The second-order valence-corrected chi connectivity index (χ2v) is 7.63. The summed E-state index contributed by atoms with van der Waals surface area (Å²) in [5, 5.41) is 20.3. The van der Waals surface area contributed by atoms with Gasteiger partial charge in [-0.05, 0) is 24.6 Å². The van der Waals surface area contributed by atoms with Crippen molar-refractivity contribution >= 4 is 52.5 Å². The number of oxime groups is 1. The Balaban J connectivity index is 2.40. The fraction of sp³-hybridized carbons (Fsp3) is 0.182. The minimum absolute atomic E-state index is 0.104. The highest BCUT2D eigenvalue weighted by molar-refractivity contribution is 8.03. The van der Waals surface area contributed by atoms with Gasteiger partial charge in [-0.15, -0.1) is 22.0 Å². The van der Waals surface area contributed by atoms with E-state index in [2.05, 4.69) is 15.4 Å². The van der Waals surface area contributed by atoms with Crippen LogP contribution in [0.15, 0.2) is 41.8 Å². The van der Waals surface area contributed by atoms with Crippen molar-refractivity contribution in [2.45, 2.75) is 18.5 Å². The lowest BCUT2D eigenvalue weighted by Crippen LogP contribution is -2.15. The second-order valence-electron chi connectivity index (χ2n) is 3.46. The highest BCUT2D eigenvalue weighted by Gasteiger charge is 2.15. The molecule has 106 valence electrons. The molecular formula is C11H12N4OS4. The maximum absolute atomic E-state index is 8.96. The molecule has 3 N–H and O–H groups in total. The van der Waals surface area contributed by atoms with Gasteiger partial charge in [-0.2, -0.15) is 0 Å². The van der Waals surface area contributed by atoms with Gasteiger partial charge in [-0.3, -0.25) is 0 Å². The molecule has 0 amide bonds. The number of hydrogen-bond donors (Lipinski definition) is 2. The van der Waals surface area contributed by atoms with Gasteiger partial charge in [0, 0.05) is 15.4 Å². The van der Waals surface area contributed by atoms with Crippen LogP contribution in [0, 0.1) is 0 Å². The first kappa shape index (κ1) is 15.5. The topological polar surface area (TPSA) is 84.4 Å². The number of amidine groups is 1. The maximum atomic E-state index is 8.96. The molecule has 0 fully saturated rings. The van der Waals surface area contributed by atoms with Gasteiger partial charge in [0.25, 0.3) is 0 Å². The van der Waals surface area contributed by atoms with Crippen molar-refractivity contribution in [2.24, 2.45) is 10.9 Å². The van der Waals surface area contributed by atoms with E-state index < -0.39 is 0 Å². The van der Waals surface area contributed by atoms with Gasteiger partial charge in [0.15, 0.2) is 14.5 Å². The molecule has 0 saturated carbocycles. The molecule has 0 spiro atoms. The molecule has 5 nitrogen and oxygen atoms in total. The third-order valence-corrected chi connectivity index (χ3v) is 6.12. The lowest BCUT2D eigenvalue weighted by atomic mass is 10.2. The number of nitrogens with zero attached hydrogens (tertiary/aromatic N) is 3. The molecule has 0 aliphatic carbocycles. The summed E-state index contributed by atoms with van der Waals surface area (Å²) in [6, 6.07) is 5.81. The van der Waals surface area contributed by atoms with Gasteiger partial charge in [0.2, 0.25) is 0 Å². The zero-order valence-electron chi connectivity index (χ0n) is 10.7. The fourth-order valence-corrected chi connectivity index (χ4v) is 4.75. The van der Waals surface area contributed by atoms with Gasteiger partial charge in [-0.25, -0.2) is 0 Å². The Labute approximate surface area is 133 Å². The van der Waals surface area contributed by atoms with Crippen LogP contribution < -0.4 is 5.73 Å². The molecule has 0 atom stereocenters. The molecule has 0 aliphatic rings. The van der Waals surface area contributed by atoms with Crippen LogP contribution in [0.5, 0.6) is 0 Å². The Morgan fingerprint density at radius 3 is 2.50 bits per heavy atom. The van der Waals surface area contributed by atoms with E-state index in [0.717, 1.165) is 24.0 Å². The monoisotopic (exact) mass is 344 g/mol. The first-order valence-corrected chi connectivity index (χ1v) is 9.48. The Kier molecular flexibility index (Phi) is 5.58. The van der Waals surface area contributed by atoms with E-state index >= 15 is 0 Å². The Morgan fingerprint density at radius 1 is 1.20 bits per heavy atom. The van der Waals surface area contributed by atoms with Crippen molar-refractivity contribution in [1.82, 2.24) is 10.2 Å². The number of nitrogens with two attached hydrogens (primary N) is 1. The predicted octanol–water partition coefficient (Wildman–Crippen LogP) is 3.23. The summed E-state index contributed by atoms with van der Waals surface area (Å²) >= 11 is 6.11. The van der Waals surface area contributed by atoms with Gasteiger partial charge in [0.1, 0.15) is 0 Å². The van der Waals surface area contributed by atoms with Crippen LogP contribution in [-0.2, 0) is 0 Å². The van der Waals surface area contributed by atoms with Crippen molar-refractivity contribution in [3.05, 3.63) is 23.8 Å². The number of hydrogen-bond acceptors (Lipinski definition) is 8. The van der Waals surface area contributed by atoms with E-state index in [-0.39, 0.29) is 5.84 Å². The molecule has 1 aromatic heterocycles. The summed E-state index contributed by atoms with van der Waals surface area (Å²) < 4.78 is 1.75. The van der Waals surface area contributed by atoms with Crippen molar-refractivity contribution in [3.63, 3.8) is 0 Å². The second kappa shape index (κ2) is 7.21. The molecule has 2 aromatic rings. The van der Waals surface area contributed by atoms with E-state index in [1.807, 2.05) is 30.7 Å². The lowest BCUT2D eigenvalue weighted by molar-refractivity contribution is 0.318. The van der Waals surface area contributed by atoms with E-state index in [1.165, 1.54) is 23.1 Å². The molecule has 1 heterocycles. The average Bonchev–Trinajstić information content (AvgIpc) is 2.93. The Hall–Kier alpha value is -0.900. The smallest absolute Gasteiger partial charge is 0.179 e. The fourth-order valence-electron chi connectivity index (χ4n) is 1.48. The average molecular weight is 345 g/mol. The third-order valence-electron chi connectivity index (χ3n) is 2.33. The van der Waals surface area contributed by atoms with Gasteiger partial charge in [0.05, 0.1) is 0 Å². The summed E-state index contributed by atoms with van der Waals surface area (Å²) in [6.45, 7) is 0. The summed E-state index contributed by atoms with van der Waals surface area (Å²) in [5.41, 5.74) is 6.52. The Bertz CT molecular complexity index is 629. The molecular weight excluding hydrogens is 332 g/mol. The highest BCUT2D eigenvalue weighted by atomic mass is 32.2. The first-order chi connectivity index (χ1) is 9.69. The minimum Gasteiger partial charge on any atom is -0.409 e. The van der Waals surface area contributed by atoms with Gasteiger partial charge >= 0.3 is 0 Å². The number of rotatable bonds is 5. The number of thioether (sulfide) groups is 2. The largest absolute Gasteiger partial charge is 0.409 e. The molecule has 0 unspecified atom stereocenters. The molecule has 0 bridgehead atoms. The van der Waals surface area contributed by atoms with E-state index in [0.29, 0.717) is 0 Å². The van der Waals surface area contributed by atoms with Crippen LogP contribution in [0.2, 0.25) is 0 Å². The van der Waals surface area contributed by atoms with Crippen LogP contribution in [0.4, 0.5) is 0 Å². The van der Waals surface area contributed by atoms with Crippen LogP contribution in [0.1, 0.15) is 5.56 Å². The van der Waals surface area contributed by atoms with Crippen molar-refractivity contribution in [1.29, 1.82) is 0 Å². The lowest BCUT2D eigenvalue weighted by Gasteiger charge is -2.10. The SMILES string of the molecule is CSc1nnc(Sc2cccc(SC)c2/C(N)=N/O)s1. The summed E-state index contributed by atoms with van der Waals surface area (Å²) in [4.78, 5) is 1.86. The van der Waals surface area contributed by atoms with Gasteiger partial charge in [-0.1, -0.05) is 46.1 Å². The minimum atomic E-state index is 0.104. The van der Waals surface area contributed by atoms with Crippen molar-refractivity contribution < 1.29 is 5.21 Å². The molecule has 0 radical (unpaired) electrons. The molecule has 1 aromatic carbocycles. The van der Waals surface area contributed by atoms with Crippen molar-refractivity contribution in [2.75, 3.05) is 12.5 Å². The predicted molar refractivity (Wildman–Crippen MR) is 86.5 cm³/mol. The highest BCUT2D eigenvalue weighted by Crippen LogP contribution is 2.37. The summed E-state index contributed by atoms with van der Waals surface area (Å²) in [7, 11) is 0. The van der Waals surface area contributed by atoms with Crippen LogP contribution in [0.3, 0.4) is 0 Å². The quantitative estimate of drug-likeness (QED) is 0.283. The molecule has 20 heavy (non-hydrogen) atoms. The van der Waals surface area contributed by atoms with Crippen LogP contribution in [-0.4, -0.2) is 33.8 Å². The Morgan fingerprint density at radius 2 is 1.90 bits per heavy atom. The standard InChI is InChI=1S/C11H12N4OS4/c1-17-6-4-3-5-7(8(6)9(12)15-16)19-11-14-13-10(18-2)20-11/h3-5,16H,1-2H3,(H2,12,15). The van der Waals surface area contributed by atoms with E-state index in [4.69, 9.17) is 10.9 Å². The number of benzene rings is 1. The zero-order valence-corrected chi connectivity index (χ0v) is 14.0. The number of aromatic nitrogens is 2. The molecule has 2 rings (SSSR count). The summed E-state index contributed by atoms with van der Waals surface area (Å²) in [6.07, 6.45) is 3.92. The maximum Gasteiger partial charge on any atom is 0.179 e. The normalized spacial score (nSPS) is 11.8. The van der Waals surface area contributed by atoms with E-state index in [9.17, 15) is 0 Å². The van der Waals surface area contributed by atoms with Crippen LogP contribution in [0.25, 0.3) is 0 Å². The third kappa shape index (κ3) is 3.40. The van der Waals surface area contributed by atoms with Crippen molar-refractivity contribution in [3.8, 4) is 0 Å². The zero-order chi connectivity index (χ0) is 14.5. The molecule has 9 heteroatoms. The van der Waals surface area contributed by atoms with Gasteiger partial charge < -0.3 is 10.9 Å². The molecule has 0 aliphatic heterocycles. The first-order valence-electron chi connectivity index (χ1n) is 5.39. The molecule has 0 saturated heterocycles. The summed E-state index contributed by atoms with van der Waals surface area (Å²) in [5.74, 6) is 0.104.